The van der Waals surface area contributed by atoms with Gasteiger partial charge in [0.1, 0.15) is 11.9 Å². The van der Waals surface area contributed by atoms with Crippen LogP contribution < -0.4 is 15.0 Å². The van der Waals surface area contributed by atoms with E-state index in [0.29, 0.717) is 42.8 Å². The summed E-state index contributed by atoms with van der Waals surface area (Å²) >= 11 is 3.48. The Bertz CT molecular complexity index is 964. The van der Waals surface area contributed by atoms with Gasteiger partial charge in [-0.3, -0.25) is 14.7 Å². The first-order valence-electron chi connectivity index (χ1n) is 9.18. The lowest BCUT2D eigenvalue weighted by Gasteiger charge is -2.37. The predicted octanol–water partition coefficient (Wildman–Crippen LogP) is 1.62. The van der Waals surface area contributed by atoms with E-state index < -0.39 is 18.2 Å². The highest BCUT2D eigenvalue weighted by molar-refractivity contribution is 9.10. The molecule has 0 saturated carbocycles. The summed E-state index contributed by atoms with van der Waals surface area (Å²) in [6, 6.07) is 4.47. The van der Waals surface area contributed by atoms with E-state index in [0.717, 1.165) is 4.47 Å². The summed E-state index contributed by atoms with van der Waals surface area (Å²) < 4.78 is 13.6. The molecule has 1 saturated heterocycles. The maximum absolute atomic E-state index is 12.7. The molecule has 2 aliphatic rings. The lowest BCUT2D eigenvalue weighted by atomic mass is 10.1. The number of hydrogen-bond acceptors (Lipinski definition) is 7. The molecule has 0 spiro atoms. The first kappa shape index (κ1) is 19.6. The zero-order valence-corrected chi connectivity index (χ0v) is 17.8. The van der Waals surface area contributed by atoms with Gasteiger partial charge in [-0.15, -0.1) is 10.2 Å². The second kappa shape index (κ2) is 7.64. The van der Waals surface area contributed by atoms with Crippen LogP contribution in [0.25, 0.3) is 11.4 Å². The molecule has 2 aromatic rings. The monoisotopic (exact) mass is 464 g/mol. The SMILES string of the molecule is CCOCCN1c2nnc(-c3cc(Br)ccc3OC)n2C2C1C(=O)NC(=O)N2C. The van der Waals surface area contributed by atoms with Gasteiger partial charge in [-0.1, -0.05) is 15.9 Å². The molecule has 0 aliphatic carbocycles. The highest BCUT2D eigenvalue weighted by atomic mass is 79.9. The molecule has 2 aliphatic heterocycles. The van der Waals surface area contributed by atoms with Crippen molar-refractivity contribution in [3.63, 3.8) is 0 Å². The van der Waals surface area contributed by atoms with E-state index >= 15 is 0 Å². The average Bonchev–Trinajstić information content (AvgIpc) is 3.25. The van der Waals surface area contributed by atoms with Gasteiger partial charge in [-0.05, 0) is 25.1 Å². The molecule has 154 valence electrons. The maximum Gasteiger partial charge on any atom is 0.325 e. The Balaban J connectivity index is 1.85. The summed E-state index contributed by atoms with van der Waals surface area (Å²) in [6.45, 7) is 3.34. The lowest BCUT2D eigenvalue weighted by molar-refractivity contribution is -0.124. The van der Waals surface area contributed by atoms with Gasteiger partial charge in [0.25, 0.3) is 5.91 Å². The van der Waals surface area contributed by atoms with E-state index in [4.69, 9.17) is 9.47 Å². The van der Waals surface area contributed by atoms with E-state index in [9.17, 15) is 9.59 Å². The minimum atomic E-state index is -0.624. The van der Waals surface area contributed by atoms with Crippen LogP contribution in [0, 0.1) is 0 Å². The summed E-state index contributed by atoms with van der Waals surface area (Å²) in [6.07, 6.45) is -0.582. The quantitative estimate of drug-likeness (QED) is 0.647. The number of aromatic nitrogens is 3. The molecule has 3 heterocycles. The highest BCUT2D eigenvalue weighted by Gasteiger charge is 2.52. The number of nitrogens with one attached hydrogen (secondary N) is 1. The van der Waals surface area contributed by atoms with Gasteiger partial charge in [0.05, 0.1) is 19.3 Å². The number of urea groups is 1. The van der Waals surface area contributed by atoms with Crippen molar-refractivity contribution in [1.82, 2.24) is 25.0 Å². The van der Waals surface area contributed by atoms with Gasteiger partial charge < -0.3 is 19.3 Å². The summed E-state index contributed by atoms with van der Waals surface area (Å²) in [5.74, 6) is 1.27. The standard InChI is InChI=1S/C18H21BrN6O4/c1-4-29-8-7-24-13-15(26)20-18(27)23(2)16(13)25-14(21-22-17(24)25)11-9-10(19)5-6-12(11)28-3/h5-6,9,13,16H,4,7-8H2,1-3H3,(H,20,26,27). The molecule has 10 nitrogen and oxygen atoms in total. The minimum absolute atomic E-state index is 0.368. The van der Waals surface area contributed by atoms with Crippen molar-refractivity contribution in [3.05, 3.63) is 22.7 Å². The maximum atomic E-state index is 12.7. The fraction of sp³-hybridized carbons (Fsp3) is 0.444. The molecule has 4 rings (SSSR count). The number of carbonyl (C=O) groups excluding carboxylic acids is 2. The third-order valence-electron chi connectivity index (χ3n) is 5.12. The van der Waals surface area contributed by atoms with Crippen molar-refractivity contribution in [3.8, 4) is 17.1 Å². The lowest BCUT2D eigenvalue weighted by Crippen LogP contribution is -2.61. The van der Waals surface area contributed by atoms with Crippen LogP contribution in [0.5, 0.6) is 5.75 Å². The van der Waals surface area contributed by atoms with Crippen LogP contribution in [0.4, 0.5) is 10.7 Å². The number of carbonyl (C=O) groups is 2. The van der Waals surface area contributed by atoms with E-state index in [1.165, 1.54) is 4.90 Å². The Kier molecular flexibility index (Phi) is 5.17. The number of fused-ring (bicyclic) bond motifs is 3. The fourth-order valence-electron chi connectivity index (χ4n) is 3.78. The van der Waals surface area contributed by atoms with Crippen LogP contribution in [0.3, 0.4) is 0 Å². The van der Waals surface area contributed by atoms with Crippen molar-refractivity contribution >= 4 is 33.8 Å². The summed E-state index contributed by atoms with van der Waals surface area (Å²) in [5.41, 5.74) is 0.706. The second-order valence-electron chi connectivity index (χ2n) is 6.69. The normalized spacial score (nSPS) is 20.6. The van der Waals surface area contributed by atoms with Crippen molar-refractivity contribution in [2.45, 2.75) is 19.1 Å². The number of halogens is 1. The number of anilines is 1. The Morgan fingerprint density at radius 2 is 2.07 bits per heavy atom. The van der Waals surface area contributed by atoms with Crippen molar-refractivity contribution < 1.29 is 19.1 Å². The zero-order valence-electron chi connectivity index (χ0n) is 16.3. The zero-order chi connectivity index (χ0) is 20.7. The Hall–Kier alpha value is -2.66. The van der Waals surface area contributed by atoms with Gasteiger partial charge >= 0.3 is 6.03 Å². The largest absolute Gasteiger partial charge is 0.496 e. The number of nitrogens with zero attached hydrogens (tertiary/aromatic N) is 5. The number of benzene rings is 1. The molecule has 1 aromatic heterocycles. The first-order chi connectivity index (χ1) is 14.0. The minimum Gasteiger partial charge on any atom is -0.496 e. The van der Waals surface area contributed by atoms with Crippen LogP contribution in [-0.2, 0) is 9.53 Å². The topological polar surface area (TPSA) is 102 Å². The predicted molar refractivity (Wildman–Crippen MR) is 108 cm³/mol. The van der Waals surface area contributed by atoms with E-state index in [2.05, 4.69) is 31.4 Å². The van der Waals surface area contributed by atoms with Crippen LogP contribution in [-0.4, -0.2) is 71.6 Å². The Morgan fingerprint density at radius 3 is 2.79 bits per heavy atom. The molecule has 1 N–H and O–H groups in total. The molecule has 3 amide bonds. The number of likely N-dealkylation sites (N-methyl/N-ethyl adjacent to an activating group) is 1. The summed E-state index contributed by atoms with van der Waals surface area (Å²) in [5, 5.41) is 11.1. The summed E-state index contributed by atoms with van der Waals surface area (Å²) in [7, 11) is 3.23. The molecule has 0 bridgehead atoms. The van der Waals surface area contributed by atoms with Gasteiger partial charge in [-0.25, -0.2) is 4.79 Å². The molecule has 1 aromatic carbocycles. The first-order valence-corrected chi connectivity index (χ1v) is 9.98. The molecular weight excluding hydrogens is 444 g/mol. The molecular formula is C18H21BrN6O4. The number of hydrogen-bond donors (Lipinski definition) is 1. The van der Waals surface area contributed by atoms with E-state index in [-0.39, 0.29) is 5.91 Å². The van der Waals surface area contributed by atoms with Gasteiger partial charge in [0.2, 0.25) is 5.95 Å². The molecule has 2 atom stereocenters. The smallest absolute Gasteiger partial charge is 0.325 e. The number of imide groups is 1. The Morgan fingerprint density at radius 1 is 1.28 bits per heavy atom. The number of methoxy groups -OCH3 is 1. The van der Waals surface area contributed by atoms with Crippen molar-refractivity contribution in [1.29, 1.82) is 0 Å². The van der Waals surface area contributed by atoms with E-state index in [1.807, 2.05) is 34.6 Å². The highest BCUT2D eigenvalue weighted by Crippen LogP contribution is 2.42. The molecule has 0 radical (unpaired) electrons. The van der Waals surface area contributed by atoms with Crippen LogP contribution >= 0.6 is 15.9 Å². The van der Waals surface area contributed by atoms with Crippen molar-refractivity contribution in [2.24, 2.45) is 0 Å². The van der Waals surface area contributed by atoms with Gasteiger partial charge in [0, 0.05) is 24.7 Å². The summed E-state index contributed by atoms with van der Waals surface area (Å²) in [4.78, 5) is 28.4. The van der Waals surface area contributed by atoms with Gasteiger partial charge in [-0.2, -0.15) is 0 Å². The number of rotatable bonds is 6. The van der Waals surface area contributed by atoms with Crippen molar-refractivity contribution in [2.75, 3.05) is 38.8 Å². The molecule has 11 heteroatoms. The number of ether oxygens (including phenoxy) is 2. The average molecular weight is 465 g/mol. The van der Waals surface area contributed by atoms with Crippen LogP contribution in [0.2, 0.25) is 0 Å². The number of amides is 3. The van der Waals surface area contributed by atoms with Crippen LogP contribution in [0.15, 0.2) is 22.7 Å². The molecule has 2 unspecified atom stereocenters. The van der Waals surface area contributed by atoms with Crippen LogP contribution in [0.1, 0.15) is 13.1 Å². The third-order valence-corrected chi connectivity index (χ3v) is 5.61. The van der Waals surface area contributed by atoms with E-state index in [1.54, 1.807) is 14.2 Å². The molecule has 1 fully saturated rings. The second-order valence-corrected chi connectivity index (χ2v) is 7.61. The Labute approximate surface area is 175 Å². The van der Waals surface area contributed by atoms with Gasteiger partial charge in [0.15, 0.2) is 11.9 Å². The molecule has 29 heavy (non-hydrogen) atoms. The fourth-order valence-corrected chi connectivity index (χ4v) is 4.14. The third kappa shape index (κ3) is 3.14.